The molecule has 0 spiro atoms. The molecule has 1 saturated heterocycles. The lowest BCUT2D eigenvalue weighted by atomic mass is 9.75. The Morgan fingerprint density at radius 3 is 2.69 bits per heavy atom. The highest BCUT2D eigenvalue weighted by Gasteiger charge is 2.38. The van der Waals surface area contributed by atoms with E-state index in [4.69, 9.17) is 4.74 Å². The molecule has 2 fully saturated rings. The minimum atomic E-state index is -0.633. The summed E-state index contributed by atoms with van der Waals surface area (Å²) in [6, 6.07) is 0. The second-order valence-electron chi connectivity index (χ2n) is 4.79. The lowest BCUT2D eigenvalue weighted by molar-refractivity contribution is -0.114. The molecule has 2 heteroatoms. The van der Waals surface area contributed by atoms with E-state index >= 15 is 0 Å². The van der Waals surface area contributed by atoms with Gasteiger partial charge in [0, 0.05) is 6.42 Å². The maximum atomic E-state index is 13.4. The summed E-state index contributed by atoms with van der Waals surface area (Å²) in [5.41, 5.74) is 0. The van der Waals surface area contributed by atoms with E-state index in [-0.39, 0.29) is 12.0 Å². The van der Waals surface area contributed by atoms with Crippen molar-refractivity contribution in [2.75, 3.05) is 0 Å². The summed E-state index contributed by atoms with van der Waals surface area (Å²) in [5, 5.41) is 0. The van der Waals surface area contributed by atoms with E-state index < -0.39 is 6.17 Å². The minimum absolute atomic E-state index is 0.218. The number of fused-ring (bicyclic) bond motifs is 1. The third kappa shape index (κ3) is 1.88. The van der Waals surface area contributed by atoms with Gasteiger partial charge in [-0.25, -0.2) is 4.39 Å². The molecule has 5 atom stereocenters. The molecule has 1 heterocycles. The van der Waals surface area contributed by atoms with Gasteiger partial charge in [-0.15, -0.1) is 0 Å². The Hall–Kier alpha value is -0.110. The van der Waals surface area contributed by atoms with Crippen molar-refractivity contribution < 1.29 is 9.13 Å². The maximum Gasteiger partial charge on any atom is 0.105 e. The third-order valence-corrected chi connectivity index (χ3v) is 3.63. The molecule has 0 aromatic rings. The van der Waals surface area contributed by atoms with Gasteiger partial charge < -0.3 is 4.74 Å². The first-order valence-electron chi connectivity index (χ1n) is 5.46. The Morgan fingerprint density at radius 2 is 1.92 bits per heavy atom. The SMILES string of the molecule is CC1CCC2CC(C)C(F)CC2O1. The van der Waals surface area contributed by atoms with E-state index in [9.17, 15) is 4.39 Å². The van der Waals surface area contributed by atoms with Crippen molar-refractivity contribution in [3.05, 3.63) is 0 Å². The van der Waals surface area contributed by atoms with Crippen LogP contribution in [0.25, 0.3) is 0 Å². The van der Waals surface area contributed by atoms with E-state index in [1.54, 1.807) is 0 Å². The second-order valence-corrected chi connectivity index (χ2v) is 4.79. The molecule has 1 nitrogen and oxygen atoms in total. The van der Waals surface area contributed by atoms with Crippen molar-refractivity contribution in [2.45, 2.75) is 57.9 Å². The number of hydrogen-bond acceptors (Lipinski definition) is 1. The van der Waals surface area contributed by atoms with Crippen molar-refractivity contribution in [3.63, 3.8) is 0 Å². The van der Waals surface area contributed by atoms with Gasteiger partial charge in [0.1, 0.15) is 6.17 Å². The molecule has 0 aromatic carbocycles. The summed E-state index contributed by atoms with van der Waals surface area (Å²) in [5.74, 6) is 0.886. The fourth-order valence-electron chi connectivity index (χ4n) is 2.71. The molecule has 0 bridgehead atoms. The van der Waals surface area contributed by atoms with Crippen LogP contribution in [0.5, 0.6) is 0 Å². The summed E-state index contributed by atoms with van der Waals surface area (Å²) >= 11 is 0. The summed E-state index contributed by atoms with van der Waals surface area (Å²) in [7, 11) is 0. The van der Waals surface area contributed by atoms with Crippen molar-refractivity contribution >= 4 is 0 Å². The van der Waals surface area contributed by atoms with Crippen LogP contribution in [0, 0.1) is 11.8 Å². The average molecular weight is 186 g/mol. The summed E-state index contributed by atoms with van der Waals surface area (Å²) in [6.45, 7) is 4.13. The fourth-order valence-corrected chi connectivity index (χ4v) is 2.71. The van der Waals surface area contributed by atoms with Gasteiger partial charge in [0.2, 0.25) is 0 Å². The standard InChI is InChI=1S/C11H19FO/c1-7-5-9-4-3-8(2)13-11(9)6-10(7)12/h7-11H,3-6H2,1-2H3. The van der Waals surface area contributed by atoms with Crippen molar-refractivity contribution in [1.29, 1.82) is 0 Å². The molecule has 0 aromatic heterocycles. The Labute approximate surface area is 79.7 Å². The second kappa shape index (κ2) is 3.56. The van der Waals surface area contributed by atoms with Gasteiger partial charge in [-0.1, -0.05) is 6.92 Å². The molecule has 2 rings (SSSR count). The Balaban J connectivity index is 1.98. The molecular weight excluding hydrogens is 167 g/mol. The van der Waals surface area contributed by atoms with Crippen LogP contribution in [0.15, 0.2) is 0 Å². The predicted molar refractivity (Wildman–Crippen MR) is 50.4 cm³/mol. The highest BCUT2D eigenvalue weighted by Crippen LogP contribution is 2.39. The first kappa shape index (κ1) is 9.45. The van der Waals surface area contributed by atoms with Gasteiger partial charge in [0.05, 0.1) is 12.2 Å². The average Bonchev–Trinajstić information content (AvgIpc) is 2.08. The third-order valence-electron chi connectivity index (χ3n) is 3.63. The number of rotatable bonds is 0. The van der Waals surface area contributed by atoms with Crippen LogP contribution in [0.1, 0.15) is 39.5 Å². The monoisotopic (exact) mass is 186 g/mol. The number of hydrogen-bond donors (Lipinski definition) is 0. The molecule has 76 valence electrons. The van der Waals surface area contributed by atoms with E-state index in [0.29, 0.717) is 18.4 Å². The lowest BCUT2D eigenvalue weighted by Gasteiger charge is -2.42. The molecule has 0 amide bonds. The van der Waals surface area contributed by atoms with Crippen LogP contribution in [0.3, 0.4) is 0 Å². The predicted octanol–water partition coefficient (Wildman–Crippen LogP) is 2.94. The van der Waals surface area contributed by atoms with Gasteiger partial charge in [-0.05, 0) is 38.0 Å². The van der Waals surface area contributed by atoms with E-state index in [2.05, 4.69) is 6.92 Å². The molecular formula is C11H19FO. The Bertz CT molecular complexity index is 183. The quantitative estimate of drug-likeness (QED) is 0.565. The van der Waals surface area contributed by atoms with Gasteiger partial charge in [0.15, 0.2) is 0 Å². The van der Waals surface area contributed by atoms with Crippen molar-refractivity contribution in [1.82, 2.24) is 0 Å². The normalized spacial score (nSPS) is 51.5. The maximum absolute atomic E-state index is 13.4. The van der Waals surface area contributed by atoms with Gasteiger partial charge >= 0.3 is 0 Å². The topological polar surface area (TPSA) is 9.23 Å². The zero-order valence-corrected chi connectivity index (χ0v) is 8.50. The van der Waals surface area contributed by atoms with E-state index in [1.807, 2.05) is 6.92 Å². The van der Waals surface area contributed by atoms with Crippen LogP contribution in [0.2, 0.25) is 0 Å². The molecule has 2 aliphatic rings. The van der Waals surface area contributed by atoms with Gasteiger partial charge in [0.25, 0.3) is 0 Å². The van der Waals surface area contributed by atoms with E-state index in [1.165, 1.54) is 6.42 Å². The van der Waals surface area contributed by atoms with Crippen molar-refractivity contribution in [2.24, 2.45) is 11.8 Å². The molecule has 1 aliphatic carbocycles. The summed E-state index contributed by atoms with van der Waals surface area (Å²) < 4.78 is 19.2. The molecule has 0 radical (unpaired) electrons. The molecule has 0 N–H and O–H groups in total. The summed E-state index contributed by atoms with van der Waals surface area (Å²) in [6.07, 6.45) is 3.99. The number of alkyl halides is 1. The zero-order chi connectivity index (χ0) is 9.42. The smallest absolute Gasteiger partial charge is 0.105 e. The summed E-state index contributed by atoms with van der Waals surface area (Å²) in [4.78, 5) is 0. The first-order chi connectivity index (χ1) is 6.16. The minimum Gasteiger partial charge on any atom is -0.375 e. The molecule has 1 saturated carbocycles. The van der Waals surface area contributed by atoms with Gasteiger partial charge in [-0.2, -0.15) is 0 Å². The highest BCUT2D eigenvalue weighted by molar-refractivity contribution is 4.87. The van der Waals surface area contributed by atoms with Crippen LogP contribution in [-0.2, 0) is 4.74 Å². The van der Waals surface area contributed by atoms with Crippen molar-refractivity contribution in [3.8, 4) is 0 Å². The number of ether oxygens (including phenoxy) is 1. The lowest BCUT2D eigenvalue weighted by Crippen LogP contribution is -2.42. The highest BCUT2D eigenvalue weighted by atomic mass is 19.1. The molecule has 1 aliphatic heterocycles. The molecule has 13 heavy (non-hydrogen) atoms. The van der Waals surface area contributed by atoms with Gasteiger partial charge in [-0.3, -0.25) is 0 Å². The van der Waals surface area contributed by atoms with Crippen LogP contribution in [0.4, 0.5) is 4.39 Å². The Kier molecular flexibility index (Phi) is 2.59. The van der Waals surface area contributed by atoms with E-state index in [0.717, 1.165) is 12.8 Å². The van der Waals surface area contributed by atoms with Crippen LogP contribution in [-0.4, -0.2) is 18.4 Å². The first-order valence-corrected chi connectivity index (χ1v) is 5.46. The van der Waals surface area contributed by atoms with Crippen LogP contribution >= 0.6 is 0 Å². The Morgan fingerprint density at radius 1 is 1.15 bits per heavy atom. The fraction of sp³-hybridized carbons (Fsp3) is 1.00. The molecule has 5 unspecified atom stereocenters. The number of halogens is 1. The largest absolute Gasteiger partial charge is 0.375 e. The van der Waals surface area contributed by atoms with Crippen LogP contribution < -0.4 is 0 Å². The zero-order valence-electron chi connectivity index (χ0n) is 8.50.